The molecule has 2 heterocycles. The van der Waals surface area contributed by atoms with Crippen molar-refractivity contribution in [2.45, 2.75) is 26.3 Å². The largest absolute Gasteiger partial charge is 0.490 e. The minimum Gasteiger partial charge on any atom is -0.490 e. The van der Waals surface area contributed by atoms with Crippen molar-refractivity contribution < 1.29 is 4.74 Å². The zero-order valence-electron chi connectivity index (χ0n) is 10.6. The van der Waals surface area contributed by atoms with Crippen LogP contribution in [0.4, 0.5) is 5.82 Å². The smallest absolute Gasteiger partial charge is 0.171 e. The standard InChI is InChI=1S/C13H21N3O/c1-3-9-17-12-5-4-6-15-13(12)16-8-7-14-10-11(16)2/h4-6,11,14H,3,7-10H2,1-2H3. The van der Waals surface area contributed by atoms with Gasteiger partial charge in [0, 0.05) is 31.9 Å². The molecule has 1 aliphatic heterocycles. The second-order valence-electron chi connectivity index (χ2n) is 4.42. The zero-order valence-corrected chi connectivity index (χ0v) is 10.6. The van der Waals surface area contributed by atoms with Crippen LogP contribution < -0.4 is 15.0 Å². The molecule has 17 heavy (non-hydrogen) atoms. The van der Waals surface area contributed by atoms with Crippen LogP contribution in [0.25, 0.3) is 0 Å². The number of rotatable bonds is 4. The number of hydrogen-bond donors (Lipinski definition) is 1. The number of nitrogens with one attached hydrogen (secondary N) is 1. The predicted molar refractivity (Wildman–Crippen MR) is 69.7 cm³/mol. The molecule has 0 aromatic carbocycles. The van der Waals surface area contributed by atoms with Crippen molar-refractivity contribution in [3.8, 4) is 5.75 Å². The van der Waals surface area contributed by atoms with E-state index in [0.29, 0.717) is 6.04 Å². The second kappa shape index (κ2) is 5.87. The molecular weight excluding hydrogens is 214 g/mol. The summed E-state index contributed by atoms with van der Waals surface area (Å²) in [7, 11) is 0. The van der Waals surface area contributed by atoms with Gasteiger partial charge in [0.05, 0.1) is 6.61 Å². The van der Waals surface area contributed by atoms with Crippen LogP contribution in [0, 0.1) is 0 Å². The van der Waals surface area contributed by atoms with Gasteiger partial charge in [-0.25, -0.2) is 4.98 Å². The van der Waals surface area contributed by atoms with E-state index in [4.69, 9.17) is 4.74 Å². The third kappa shape index (κ3) is 2.88. The summed E-state index contributed by atoms with van der Waals surface area (Å²) in [4.78, 5) is 6.80. The molecule has 4 nitrogen and oxygen atoms in total. The van der Waals surface area contributed by atoms with E-state index in [9.17, 15) is 0 Å². The van der Waals surface area contributed by atoms with E-state index in [-0.39, 0.29) is 0 Å². The first-order valence-electron chi connectivity index (χ1n) is 6.38. The van der Waals surface area contributed by atoms with E-state index >= 15 is 0 Å². The highest BCUT2D eigenvalue weighted by atomic mass is 16.5. The zero-order chi connectivity index (χ0) is 12.1. The molecule has 0 radical (unpaired) electrons. The summed E-state index contributed by atoms with van der Waals surface area (Å²) in [5.74, 6) is 1.89. The maximum Gasteiger partial charge on any atom is 0.171 e. The number of piperazine rings is 1. The van der Waals surface area contributed by atoms with Crippen LogP contribution >= 0.6 is 0 Å². The molecule has 2 rings (SSSR count). The molecule has 1 saturated heterocycles. The van der Waals surface area contributed by atoms with Gasteiger partial charge in [-0.05, 0) is 25.5 Å². The molecular formula is C13H21N3O. The Hall–Kier alpha value is -1.29. The van der Waals surface area contributed by atoms with Crippen molar-refractivity contribution >= 4 is 5.82 Å². The molecule has 0 saturated carbocycles. The van der Waals surface area contributed by atoms with Gasteiger partial charge in [-0.1, -0.05) is 6.92 Å². The summed E-state index contributed by atoms with van der Waals surface area (Å²) in [6.07, 6.45) is 2.86. The Labute approximate surface area is 103 Å². The highest BCUT2D eigenvalue weighted by molar-refractivity contribution is 5.53. The van der Waals surface area contributed by atoms with Crippen LogP contribution in [0.5, 0.6) is 5.75 Å². The number of pyridine rings is 1. The summed E-state index contributed by atoms with van der Waals surface area (Å²) >= 11 is 0. The number of aromatic nitrogens is 1. The lowest BCUT2D eigenvalue weighted by Crippen LogP contribution is -2.50. The molecule has 4 heteroatoms. The molecule has 1 aromatic rings. The van der Waals surface area contributed by atoms with Crippen molar-refractivity contribution in [3.63, 3.8) is 0 Å². The SMILES string of the molecule is CCCOc1cccnc1N1CCNCC1C. The van der Waals surface area contributed by atoms with Crippen LogP contribution in [-0.2, 0) is 0 Å². The van der Waals surface area contributed by atoms with E-state index < -0.39 is 0 Å². The third-order valence-electron chi connectivity index (χ3n) is 2.99. The lowest BCUT2D eigenvalue weighted by molar-refractivity contribution is 0.315. The fraction of sp³-hybridized carbons (Fsp3) is 0.615. The second-order valence-corrected chi connectivity index (χ2v) is 4.42. The van der Waals surface area contributed by atoms with Crippen LogP contribution in [0.3, 0.4) is 0 Å². The van der Waals surface area contributed by atoms with Gasteiger partial charge in [0.2, 0.25) is 0 Å². The van der Waals surface area contributed by atoms with Gasteiger partial charge in [-0.3, -0.25) is 0 Å². The summed E-state index contributed by atoms with van der Waals surface area (Å²) in [5, 5.41) is 3.39. The predicted octanol–water partition coefficient (Wildman–Crippen LogP) is 1.67. The molecule has 1 aliphatic rings. The first kappa shape index (κ1) is 12.2. The van der Waals surface area contributed by atoms with Crippen LogP contribution in [0.2, 0.25) is 0 Å². The van der Waals surface area contributed by atoms with Gasteiger partial charge in [0.1, 0.15) is 0 Å². The van der Waals surface area contributed by atoms with Gasteiger partial charge in [-0.2, -0.15) is 0 Å². The Bertz CT molecular complexity index is 356. The molecule has 1 unspecified atom stereocenters. The van der Waals surface area contributed by atoms with E-state index in [1.54, 1.807) is 0 Å². The normalized spacial score (nSPS) is 20.4. The summed E-state index contributed by atoms with van der Waals surface area (Å²) in [6.45, 7) is 8.08. The van der Waals surface area contributed by atoms with E-state index in [1.807, 2.05) is 18.3 Å². The molecule has 1 fully saturated rings. The monoisotopic (exact) mass is 235 g/mol. The van der Waals surface area contributed by atoms with Gasteiger partial charge >= 0.3 is 0 Å². The average Bonchev–Trinajstić information content (AvgIpc) is 2.37. The quantitative estimate of drug-likeness (QED) is 0.861. The Kier molecular flexibility index (Phi) is 4.20. The summed E-state index contributed by atoms with van der Waals surface area (Å²) < 4.78 is 5.76. The van der Waals surface area contributed by atoms with Crippen LogP contribution in [0.15, 0.2) is 18.3 Å². The molecule has 1 N–H and O–H groups in total. The Balaban J connectivity index is 2.17. The van der Waals surface area contributed by atoms with Crippen molar-refractivity contribution in [2.24, 2.45) is 0 Å². The Morgan fingerprint density at radius 1 is 1.59 bits per heavy atom. The van der Waals surface area contributed by atoms with Gasteiger partial charge in [-0.15, -0.1) is 0 Å². The molecule has 0 amide bonds. The molecule has 94 valence electrons. The van der Waals surface area contributed by atoms with Gasteiger partial charge in [0.25, 0.3) is 0 Å². The maximum atomic E-state index is 5.76. The minimum atomic E-state index is 0.461. The molecule has 1 atom stereocenters. The van der Waals surface area contributed by atoms with Gasteiger partial charge < -0.3 is 15.0 Å². The average molecular weight is 235 g/mol. The number of anilines is 1. The summed E-state index contributed by atoms with van der Waals surface area (Å²) in [5.41, 5.74) is 0. The van der Waals surface area contributed by atoms with Gasteiger partial charge in [0.15, 0.2) is 11.6 Å². The Morgan fingerprint density at radius 3 is 3.24 bits per heavy atom. The number of hydrogen-bond acceptors (Lipinski definition) is 4. The molecule has 0 bridgehead atoms. The fourth-order valence-electron chi connectivity index (χ4n) is 2.08. The van der Waals surface area contributed by atoms with E-state index in [1.165, 1.54) is 0 Å². The highest BCUT2D eigenvalue weighted by Gasteiger charge is 2.22. The van der Waals surface area contributed by atoms with E-state index in [0.717, 1.165) is 44.2 Å². The van der Waals surface area contributed by atoms with Crippen molar-refractivity contribution in [3.05, 3.63) is 18.3 Å². The first-order chi connectivity index (χ1) is 8.33. The third-order valence-corrected chi connectivity index (χ3v) is 2.99. The Morgan fingerprint density at radius 2 is 2.47 bits per heavy atom. The highest BCUT2D eigenvalue weighted by Crippen LogP contribution is 2.27. The minimum absolute atomic E-state index is 0.461. The topological polar surface area (TPSA) is 37.4 Å². The van der Waals surface area contributed by atoms with E-state index in [2.05, 4.69) is 29.0 Å². The first-order valence-corrected chi connectivity index (χ1v) is 6.38. The molecule has 1 aromatic heterocycles. The van der Waals surface area contributed by atoms with Crippen molar-refractivity contribution in [2.75, 3.05) is 31.1 Å². The summed E-state index contributed by atoms with van der Waals surface area (Å²) in [6, 6.07) is 4.40. The van der Waals surface area contributed by atoms with Crippen LogP contribution in [-0.4, -0.2) is 37.3 Å². The van der Waals surface area contributed by atoms with Crippen molar-refractivity contribution in [1.82, 2.24) is 10.3 Å². The fourth-order valence-corrected chi connectivity index (χ4v) is 2.08. The van der Waals surface area contributed by atoms with Crippen molar-refractivity contribution in [1.29, 1.82) is 0 Å². The van der Waals surface area contributed by atoms with Crippen LogP contribution in [0.1, 0.15) is 20.3 Å². The lowest BCUT2D eigenvalue weighted by Gasteiger charge is -2.35. The lowest BCUT2D eigenvalue weighted by atomic mass is 10.2. The maximum absolute atomic E-state index is 5.76. The molecule has 0 spiro atoms. The number of ether oxygens (including phenoxy) is 1. The number of nitrogens with zero attached hydrogens (tertiary/aromatic N) is 2. The molecule has 0 aliphatic carbocycles.